The number of aromatic nitrogens is 1. The van der Waals surface area contributed by atoms with Crippen LogP contribution in [0.1, 0.15) is 10.4 Å². The standard InChI is InChI=1S/C22H16FN3O2S2/c1-28-17-7-4-15(5-8-17)14-24-26(21(27)11-9-18-3-2-12-29-18)22-25-19-10-6-16(23)13-20(19)30-22/h2-14H,1H3/b11-9+,24-14+. The van der Waals surface area contributed by atoms with Crippen molar-refractivity contribution < 1.29 is 13.9 Å². The van der Waals surface area contributed by atoms with Crippen molar-refractivity contribution in [3.8, 4) is 5.75 Å². The van der Waals surface area contributed by atoms with Gasteiger partial charge in [0.25, 0.3) is 5.91 Å². The van der Waals surface area contributed by atoms with E-state index in [0.717, 1.165) is 16.2 Å². The van der Waals surface area contributed by atoms with E-state index in [4.69, 9.17) is 4.74 Å². The van der Waals surface area contributed by atoms with Crippen molar-refractivity contribution in [3.05, 3.63) is 82.3 Å². The molecule has 0 atom stereocenters. The zero-order valence-electron chi connectivity index (χ0n) is 15.9. The number of anilines is 1. The number of nitrogens with zero attached hydrogens (tertiary/aromatic N) is 3. The molecule has 0 aliphatic rings. The van der Waals surface area contributed by atoms with Crippen LogP contribution in [0.25, 0.3) is 16.3 Å². The van der Waals surface area contributed by atoms with Gasteiger partial charge in [-0.1, -0.05) is 17.4 Å². The smallest absolute Gasteiger partial charge is 0.273 e. The summed E-state index contributed by atoms with van der Waals surface area (Å²) in [6, 6.07) is 15.4. The highest BCUT2D eigenvalue weighted by Crippen LogP contribution is 2.30. The predicted molar refractivity (Wildman–Crippen MR) is 121 cm³/mol. The molecule has 150 valence electrons. The number of hydrogen-bond donors (Lipinski definition) is 0. The molecule has 0 unspecified atom stereocenters. The summed E-state index contributed by atoms with van der Waals surface area (Å²) in [7, 11) is 1.60. The third-order valence-electron chi connectivity index (χ3n) is 4.10. The molecule has 2 heterocycles. The van der Waals surface area contributed by atoms with Crippen LogP contribution < -0.4 is 9.75 Å². The van der Waals surface area contributed by atoms with Crippen LogP contribution in [-0.4, -0.2) is 24.2 Å². The van der Waals surface area contributed by atoms with Gasteiger partial charge in [-0.05, 0) is 65.6 Å². The topological polar surface area (TPSA) is 54.8 Å². The predicted octanol–water partition coefficient (Wildman–Crippen LogP) is 5.59. The number of amides is 1. The molecule has 0 spiro atoms. The lowest BCUT2D eigenvalue weighted by molar-refractivity contribution is -0.114. The maximum atomic E-state index is 13.6. The summed E-state index contributed by atoms with van der Waals surface area (Å²) in [6.07, 6.45) is 4.75. The number of halogens is 1. The minimum absolute atomic E-state index is 0.352. The van der Waals surface area contributed by atoms with Crippen LogP contribution in [0.15, 0.2) is 71.2 Å². The van der Waals surface area contributed by atoms with Crippen molar-refractivity contribution in [2.75, 3.05) is 12.1 Å². The summed E-state index contributed by atoms with van der Waals surface area (Å²) in [6.45, 7) is 0. The number of thiazole rings is 1. The van der Waals surface area contributed by atoms with Gasteiger partial charge in [0, 0.05) is 11.0 Å². The fraction of sp³-hybridized carbons (Fsp3) is 0.0455. The second-order valence-corrected chi connectivity index (χ2v) is 8.11. The van der Waals surface area contributed by atoms with Crippen molar-refractivity contribution >= 4 is 56.2 Å². The van der Waals surface area contributed by atoms with Gasteiger partial charge >= 0.3 is 0 Å². The van der Waals surface area contributed by atoms with Crippen LogP contribution in [0.4, 0.5) is 9.52 Å². The second-order valence-electron chi connectivity index (χ2n) is 6.13. The van der Waals surface area contributed by atoms with E-state index in [1.165, 1.54) is 45.9 Å². The lowest BCUT2D eigenvalue weighted by atomic mass is 10.2. The van der Waals surface area contributed by atoms with Gasteiger partial charge < -0.3 is 4.74 Å². The maximum Gasteiger partial charge on any atom is 0.273 e. The molecule has 0 aliphatic heterocycles. The van der Waals surface area contributed by atoms with E-state index in [1.807, 2.05) is 41.8 Å². The van der Waals surface area contributed by atoms with E-state index >= 15 is 0 Å². The van der Waals surface area contributed by atoms with Gasteiger partial charge in [-0.25, -0.2) is 9.37 Å². The van der Waals surface area contributed by atoms with Crippen molar-refractivity contribution in [1.82, 2.24) is 4.98 Å². The average Bonchev–Trinajstić information content (AvgIpc) is 3.42. The number of carbonyl (C=O) groups is 1. The Morgan fingerprint density at radius 3 is 2.77 bits per heavy atom. The molecule has 2 aromatic carbocycles. The van der Waals surface area contributed by atoms with E-state index in [9.17, 15) is 9.18 Å². The molecule has 8 heteroatoms. The first kappa shape index (κ1) is 19.9. The van der Waals surface area contributed by atoms with Crippen LogP contribution in [0.2, 0.25) is 0 Å². The fourth-order valence-electron chi connectivity index (χ4n) is 2.60. The highest BCUT2D eigenvalue weighted by molar-refractivity contribution is 7.22. The minimum atomic E-state index is -0.354. The number of fused-ring (bicyclic) bond motifs is 1. The van der Waals surface area contributed by atoms with Crippen LogP contribution in [0.3, 0.4) is 0 Å². The molecule has 0 aliphatic carbocycles. The molecule has 0 fully saturated rings. The highest BCUT2D eigenvalue weighted by Gasteiger charge is 2.17. The summed E-state index contributed by atoms with van der Waals surface area (Å²) in [4.78, 5) is 18.3. The minimum Gasteiger partial charge on any atom is -0.497 e. The van der Waals surface area contributed by atoms with Crippen molar-refractivity contribution in [1.29, 1.82) is 0 Å². The van der Waals surface area contributed by atoms with Crippen LogP contribution in [0.5, 0.6) is 5.75 Å². The Morgan fingerprint density at radius 2 is 2.03 bits per heavy atom. The molecule has 0 saturated carbocycles. The molecular formula is C22H16FN3O2S2. The van der Waals surface area contributed by atoms with E-state index < -0.39 is 0 Å². The van der Waals surface area contributed by atoms with Crippen LogP contribution >= 0.6 is 22.7 Å². The lowest BCUT2D eigenvalue weighted by Gasteiger charge is -2.11. The number of hydrogen-bond acceptors (Lipinski definition) is 6. The van der Waals surface area contributed by atoms with Gasteiger partial charge in [0.15, 0.2) is 0 Å². The molecule has 30 heavy (non-hydrogen) atoms. The molecule has 1 amide bonds. The van der Waals surface area contributed by atoms with E-state index in [0.29, 0.717) is 15.3 Å². The molecule has 4 rings (SSSR count). The third kappa shape index (κ3) is 4.61. The van der Waals surface area contributed by atoms with Crippen LogP contribution in [-0.2, 0) is 4.79 Å². The summed E-state index contributed by atoms with van der Waals surface area (Å²) < 4.78 is 19.4. The maximum absolute atomic E-state index is 13.6. The Hall–Kier alpha value is -3.36. The molecule has 5 nitrogen and oxygen atoms in total. The first-order valence-electron chi connectivity index (χ1n) is 8.92. The average molecular weight is 438 g/mol. The number of carbonyl (C=O) groups excluding carboxylic acids is 1. The molecule has 0 radical (unpaired) electrons. The van der Waals surface area contributed by atoms with E-state index in [2.05, 4.69) is 10.1 Å². The second kappa shape index (κ2) is 8.98. The molecule has 2 aromatic heterocycles. The molecule has 0 saturated heterocycles. The Labute approximate surface area is 180 Å². The number of benzene rings is 2. The normalized spacial score (nSPS) is 11.5. The van der Waals surface area contributed by atoms with E-state index in [1.54, 1.807) is 25.5 Å². The fourth-order valence-corrected chi connectivity index (χ4v) is 4.17. The van der Waals surface area contributed by atoms with Gasteiger partial charge in [-0.15, -0.1) is 11.3 Å². The summed E-state index contributed by atoms with van der Waals surface area (Å²) in [5, 5.41) is 7.88. The molecular weight excluding hydrogens is 421 g/mol. The first-order chi connectivity index (χ1) is 14.6. The quantitative estimate of drug-likeness (QED) is 0.225. The lowest BCUT2D eigenvalue weighted by Crippen LogP contribution is -2.23. The SMILES string of the molecule is COc1ccc(/C=N/N(C(=O)/C=C/c2cccs2)c2nc3ccc(F)cc3s2)cc1. The monoisotopic (exact) mass is 437 g/mol. The zero-order valence-corrected chi connectivity index (χ0v) is 17.5. The molecule has 4 aromatic rings. The Morgan fingerprint density at radius 1 is 1.20 bits per heavy atom. The van der Waals surface area contributed by atoms with Gasteiger partial charge in [-0.2, -0.15) is 10.1 Å². The number of thiophene rings is 1. The highest BCUT2D eigenvalue weighted by atomic mass is 32.1. The summed E-state index contributed by atoms with van der Waals surface area (Å²) in [5.74, 6) is 0.0229. The number of ether oxygens (including phenoxy) is 1. The summed E-state index contributed by atoms with van der Waals surface area (Å²) >= 11 is 2.73. The Bertz CT molecular complexity index is 1220. The summed E-state index contributed by atoms with van der Waals surface area (Å²) in [5.41, 5.74) is 1.40. The first-order valence-corrected chi connectivity index (χ1v) is 10.6. The largest absolute Gasteiger partial charge is 0.497 e. The van der Waals surface area contributed by atoms with E-state index in [-0.39, 0.29) is 11.7 Å². The van der Waals surface area contributed by atoms with Gasteiger partial charge in [0.1, 0.15) is 11.6 Å². The van der Waals surface area contributed by atoms with Gasteiger partial charge in [0.2, 0.25) is 5.13 Å². The Kier molecular flexibility index (Phi) is 5.97. The Balaban J connectivity index is 1.67. The van der Waals surface area contributed by atoms with Crippen molar-refractivity contribution in [2.24, 2.45) is 5.10 Å². The number of rotatable bonds is 6. The van der Waals surface area contributed by atoms with Crippen molar-refractivity contribution in [3.63, 3.8) is 0 Å². The van der Waals surface area contributed by atoms with Gasteiger partial charge in [-0.3, -0.25) is 4.79 Å². The molecule has 0 N–H and O–H groups in total. The zero-order chi connectivity index (χ0) is 20.9. The van der Waals surface area contributed by atoms with Gasteiger partial charge in [0.05, 0.1) is 23.5 Å². The number of methoxy groups -OCH3 is 1. The third-order valence-corrected chi connectivity index (χ3v) is 5.93. The number of hydrazone groups is 1. The molecule has 0 bridgehead atoms. The van der Waals surface area contributed by atoms with Crippen LogP contribution in [0, 0.1) is 5.82 Å². The van der Waals surface area contributed by atoms with Crippen molar-refractivity contribution in [2.45, 2.75) is 0 Å².